The van der Waals surface area contributed by atoms with Gasteiger partial charge in [-0.1, -0.05) is 0 Å². The van der Waals surface area contributed by atoms with Gasteiger partial charge in [0.2, 0.25) is 0 Å². The Labute approximate surface area is 102 Å². The number of rotatable bonds is 2. The highest BCUT2D eigenvalue weighted by molar-refractivity contribution is 5.23. The summed E-state index contributed by atoms with van der Waals surface area (Å²) in [7, 11) is 0. The van der Waals surface area contributed by atoms with Crippen LogP contribution in [-0.2, 0) is 6.54 Å². The summed E-state index contributed by atoms with van der Waals surface area (Å²) in [4.78, 5) is 24.0. The molecule has 0 spiro atoms. The fourth-order valence-electron chi connectivity index (χ4n) is 1.50. The van der Waals surface area contributed by atoms with E-state index < -0.39 is 46.6 Å². The number of H-pyrrole nitrogens is 1. The number of nitrogens with one attached hydrogen (secondary N) is 1. The van der Waals surface area contributed by atoms with Crippen LogP contribution in [0.25, 0.3) is 0 Å². The van der Waals surface area contributed by atoms with Gasteiger partial charge in [-0.25, -0.2) is 22.4 Å². The fraction of sp³-hybridized carbons (Fsp3) is 0.0909. The molecule has 0 aliphatic heterocycles. The summed E-state index contributed by atoms with van der Waals surface area (Å²) in [5, 5.41) is 0. The van der Waals surface area contributed by atoms with Crippen LogP contribution in [-0.4, -0.2) is 9.55 Å². The van der Waals surface area contributed by atoms with Gasteiger partial charge in [-0.15, -0.1) is 0 Å². The van der Waals surface area contributed by atoms with E-state index in [9.17, 15) is 27.2 Å². The van der Waals surface area contributed by atoms with E-state index in [0.29, 0.717) is 4.57 Å². The summed E-state index contributed by atoms with van der Waals surface area (Å²) in [6.07, 6.45) is 0.961. The molecule has 2 rings (SSSR count). The Morgan fingerprint density at radius 1 is 1.05 bits per heavy atom. The van der Waals surface area contributed by atoms with Gasteiger partial charge < -0.3 is 0 Å². The van der Waals surface area contributed by atoms with Crippen molar-refractivity contribution in [2.45, 2.75) is 6.54 Å². The molecule has 1 aromatic heterocycles. The lowest BCUT2D eigenvalue weighted by molar-refractivity contribution is 0.433. The van der Waals surface area contributed by atoms with Crippen molar-refractivity contribution in [3.63, 3.8) is 0 Å². The average molecular weight is 274 g/mol. The second-order valence-electron chi connectivity index (χ2n) is 3.68. The Balaban J connectivity index is 2.55. The minimum Gasteiger partial charge on any atom is -0.296 e. The van der Waals surface area contributed by atoms with E-state index in [1.807, 2.05) is 4.98 Å². The molecule has 1 heterocycles. The molecule has 1 aromatic carbocycles. The van der Waals surface area contributed by atoms with Gasteiger partial charge in [0.05, 0.1) is 6.54 Å². The lowest BCUT2D eigenvalue weighted by Crippen LogP contribution is -2.29. The molecule has 1 N–H and O–H groups in total. The molecule has 0 radical (unpaired) electrons. The summed E-state index contributed by atoms with van der Waals surface area (Å²) in [6.45, 7) is -0.748. The lowest BCUT2D eigenvalue weighted by Gasteiger charge is -2.08. The maximum absolute atomic E-state index is 13.4. The molecule has 19 heavy (non-hydrogen) atoms. The van der Waals surface area contributed by atoms with E-state index in [4.69, 9.17) is 0 Å². The molecule has 0 saturated carbocycles. The van der Waals surface area contributed by atoms with Gasteiger partial charge in [-0.2, -0.15) is 0 Å². The number of halogens is 4. The van der Waals surface area contributed by atoms with Crippen LogP contribution in [0.3, 0.4) is 0 Å². The Morgan fingerprint density at radius 2 is 1.63 bits per heavy atom. The van der Waals surface area contributed by atoms with Crippen molar-refractivity contribution in [1.29, 1.82) is 0 Å². The number of aromatic amines is 1. The van der Waals surface area contributed by atoms with Crippen LogP contribution in [0.4, 0.5) is 17.6 Å². The zero-order chi connectivity index (χ0) is 14.2. The first kappa shape index (κ1) is 13.1. The van der Waals surface area contributed by atoms with Crippen LogP contribution in [0.15, 0.2) is 27.9 Å². The molecular formula is C11H6F4N2O2. The largest absolute Gasteiger partial charge is 0.328 e. The van der Waals surface area contributed by atoms with Crippen LogP contribution in [0.5, 0.6) is 0 Å². The Morgan fingerprint density at radius 3 is 2.16 bits per heavy atom. The lowest BCUT2D eigenvalue weighted by atomic mass is 10.1. The number of benzene rings is 1. The normalized spacial score (nSPS) is 10.7. The average Bonchev–Trinajstić information content (AvgIpc) is 2.34. The summed E-state index contributed by atoms with van der Waals surface area (Å²) in [5.74, 6) is -6.30. The molecule has 2 aromatic rings. The molecule has 0 saturated heterocycles. The zero-order valence-electron chi connectivity index (χ0n) is 9.21. The molecule has 0 aliphatic rings. The summed E-state index contributed by atoms with van der Waals surface area (Å²) in [6, 6.07) is 1.01. The molecule has 0 unspecified atom stereocenters. The number of aromatic nitrogens is 2. The van der Waals surface area contributed by atoms with Crippen molar-refractivity contribution in [3.05, 3.63) is 68.0 Å². The van der Waals surface area contributed by atoms with Crippen molar-refractivity contribution < 1.29 is 17.6 Å². The van der Waals surface area contributed by atoms with Gasteiger partial charge in [-0.05, 0) is 0 Å². The van der Waals surface area contributed by atoms with Gasteiger partial charge >= 0.3 is 5.69 Å². The van der Waals surface area contributed by atoms with Gasteiger partial charge in [0.1, 0.15) is 0 Å². The smallest absolute Gasteiger partial charge is 0.296 e. The highest BCUT2D eigenvalue weighted by atomic mass is 19.2. The van der Waals surface area contributed by atoms with Gasteiger partial charge in [0.15, 0.2) is 23.3 Å². The van der Waals surface area contributed by atoms with Gasteiger partial charge in [0.25, 0.3) is 5.56 Å². The van der Waals surface area contributed by atoms with Crippen molar-refractivity contribution in [2.24, 2.45) is 0 Å². The van der Waals surface area contributed by atoms with Crippen LogP contribution in [0.2, 0.25) is 0 Å². The highest BCUT2D eigenvalue weighted by Crippen LogP contribution is 2.19. The van der Waals surface area contributed by atoms with Crippen LogP contribution in [0.1, 0.15) is 5.56 Å². The van der Waals surface area contributed by atoms with Crippen molar-refractivity contribution in [1.82, 2.24) is 9.55 Å². The third-order valence-corrected chi connectivity index (χ3v) is 2.43. The van der Waals surface area contributed by atoms with E-state index in [2.05, 4.69) is 0 Å². The van der Waals surface area contributed by atoms with E-state index in [1.54, 1.807) is 0 Å². The van der Waals surface area contributed by atoms with Crippen LogP contribution >= 0.6 is 0 Å². The number of hydrogen-bond donors (Lipinski definition) is 1. The zero-order valence-corrected chi connectivity index (χ0v) is 9.21. The second kappa shape index (κ2) is 4.71. The maximum Gasteiger partial charge on any atom is 0.328 e. The standard InChI is InChI=1S/C11H6F4N2O2/c12-6-3-7(13)10(15)5(9(6)14)4-17-2-1-8(18)16-11(17)19/h1-3H,4H2,(H,16,18,19). The SMILES string of the molecule is O=c1ccn(Cc2c(F)c(F)cc(F)c2F)c(=O)[nH]1. The topological polar surface area (TPSA) is 54.9 Å². The minimum absolute atomic E-state index is 0.0732. The molecule has 0 atom stereocenters. The molecule has 8 heteroatoms. The van der Waals surface area contributed by atoms with E-state index in [1.165, 1.54) is 0 Å². The van der Waals surface area contributed by atoms with Gasteiger partial charge in [-0.3, -0.25) is 14.3 Å². The summed E-state index contributed by atoms with van der Waals surface area (Å²) in [5.41, 5.74) is -2.59. The van der Waals surface area contributed by atoms with E-state index >= 15 is 0 Å². The minimum atomic E-state index is -1.59. The maximum atomic E-state index is 13.4. The molecule has 0 bridgehead atoms. The molecule has 0 aliphatic carbocycles. The third-order valence-electron chi connectivity index (χ3n) is 2.43. The van der Waals surface area contributed by atoms with Crippen molar-refractivity contribution >= 4 is 0 Å². The third kappa shape index (κ3) is 2.42. The Hall–Kier alpha value is -2.38. The van der Waals surface area contributed by atoms with Crippen LogP contribution < -0.4 is 11.2 Å². The van der Waals surface area contributed by atoms with Gasteiger partial charge in [0, 0.05) is 23.9 Å². The molecular weight excluding hydrogens is 268 g/mol. The molecule has 100 valence electrons. The quantitative estimate of drug-likeness (QED) is 0.659. The summed E-state index contributed by atoms with van der Waals surface area (Å²) < 4.78 is 53.4. The first-order chi connectivity index (χ1) is 8.90. The van der Waals surface area contributed by atoms with E-state index in [0.717, 1.165) is 12.3 Å². The fourth-order valence-corrected chi connectivity index (χ4v) is 1.50. The van der Waals surface area contributed by atoms with Crippen molar-refractivity contribution in [3.8, 4) is 0 Å². The highest BCUT2D eigenvalue weighted by Gasteiger charge is 2.19. The molecule has 4 nitrogen and oxygen atoms in total. The first-order valence-electron chi connectivity index (χ1n) is 5.02. The Bertz CT molecular complexity index is 725. The molecule has 0 fully saturated rings. The first-order valence-corrected chi connectivity index (χ1v) is 5.02. The van der Waals surface area contributed by atoms with Crippen molar-refractivity contribution in [2.75, 3.05) is 0 Å². The predicted octanol–water partition coefficient (Wildman–Crippen LogP) is 1.14. The molecule has 0 amide bonds. The summed E-state index contributed by atoms with van der Waals surface area (Å²) >= 11 is 0. The number of nitrogens with zero attached hydrogens (tertiary/aromatic N) is 1. The second-order valence-corrected chi connectivity index (χ2v) is 3.68. The monoisotopic (exact) mass is 274 g/mol. The predicted molar refractivity (Wildman–Crippen MR) is 56.7 cm³/mol. The van der Waals surface area contributed by atoms with E-state index in [-0.39, 0.29) is 6.07 Å². The van der Waals surface area contributed by atoms with Crippen LogP contribution in [0, 0.1) is 23.3 Å². The Kier molecular flexibility index (Phi) is 3.24. The number of hydrogen-bond acceptors (Lipinski definition) is 2.